The van der Waals surface area contributed by atoms with E-state index in [9.17, 15) is 4.79 Å². The molecule has 1 aliphatic heterocycles. The fraction of sp³-hybridized carbons (Fsp3) is 0.360. The molecule has 0 saturated carbocycles. The Morgan fingerprint density at radius 1 is 1.10 bits per heavy atom. The predicted octanol–water partition coefficient (Wildman–Crippen LogP) is 4.09. The summed E-state index contributed by atoms with van der Waals surface area (Å²) in [5, 5.41) is 3.09. The summed E-state index contributed by atoms with van der Waals surface area (Å²) in [5.74, 6) is 0.730. The first-order chi connectivity index (χ1) is 14.7. The molecule has 156 valence electrons. The molecule has 4 rings (SSSR count). The molecular weight excluding hydrogens is 372 g/mol. The van der Waals surface area contributed by atoms with Crippen LogP contribution in [0.15, 0.2) is 67.3 Å². The minimum absolute atomic E-state index is 0.0365. The zero-order chi connectivity index (χ0) is 20.8. The molecule has 2 heterocycles. The average Bonchev–Trinajstić information content (AvgIpc) is 3.26. The van der Waals surface area contributed by atoms with Gasteiger partial charge >= 0.3 is 0 Å². The molecule has 5 heteroatoms. The number of aromatic nitrogens is 2. The van der Waals surface area contributed by atoms with E-state index in [0.29, 0.717) is 12.1 Å². The van der Waals surface area contributed by atoms with Gasteiger partial charge in [-0.2, -0.15) is 0 Å². The Morgan fingerprint density at radius 2 is 1.90 bits per heavy atom. The molecule has 0 aliphatic carbocycles. The third-order valence-corrected chi connectivity index (χ3v) is 5.83. The van der Waals surface area contributed by atoms with Crippen LogP contribution in [0, 0.1) is 5.92 Å². The van der Waals surface area contributed by atoms with Gasteiger partial charge in [-0.25, -0.2) is 4.98 Å². The first-order valence-corrected chi connectivity index (χ1v) is 10.8. The van der Waals surface area contributed by atoms with Crippen LogP contribution >= 0.6 is 0 Å². The molecule has 1 aliphatic rings. The molecule has 1 amide bonds. The van der Waals surface area contributed by atoms with Gasteiger partial charge in [0.05, 0.1) is 6.33 Å². The van der Waals surface area contributed by atoms with Gasteiger partial charge in [0.25, 0.3) is 5.91 Å². The standard InChI is InChI=1S/C25H30N4O/c1-20-5-4-13-28(16-20)18-24-7-3-2-6-23(24)15-27-25(30)22-10-8-21(9-11-22)17-29-14-12-26-19-29/h2-3,6-12,14,19-20H,4-5,13,15-18H2,1H3,(H,27,30)/t20-/m0/s1. The zero-order valence-electron chi connectivity index (χ0n) is 17.6. The number of carbonyl (C=O) groups is 1. The van der Waals surface area contributed by atoms with Gasteiger partial charge in [-0.05, 0) is 54.1 Å². The molecule has 0 spiro atoms. The number of carbonyl (C=O) groups excluding carboxylic acids is 1. The summed E-state index contributed by atoms with van der Waals surface area (Å²) in [6.07, 6.45) is 8.10. The van der Waals surface area contributed by atoms with Crippen LogP contribution in [0.25, 0.3) is 0 Å². The second-order valence-electron chi connectivity index (χ2n) is 8.37. The van der Waals surface area contributed by atoms with Crippen LogP contribution in [0.3, 0.4) is 0 Å². The predicted molar refractivity (Wildman–Crippen MR) is 119 cm³/mol. The number of amides is 1. The molecule has 2 aromatic carbocycles. The second kappa shape index (κ2) is 9.72. The fourth-order valence-corrected chi connectivity index (χ4v) is 4.19. The van der Waals surface area contributed by atoms with E-state index in [4.69, 9.17) is 0 Å². The largest absolute Gasteiger partial charge is 0.348 e. The first-order valence-electron chi connectivity index (χ1n) is 10.8. The summed E-state index contributed by atoms with van der Waals surface area (Å²) >= 11 is 0. The highest BCUT2D eigenvalue weighted by Crippen LogP contribution is 2.19. The molecule has 1 aromatic heterocycles. The van der Waals surface area contributed by atoms with Crippen LogP contribution in [0.1, 0.15) is 46.8 Å². The van der Waals surface area contributed by atoms with E-state index in [2.05, 4.69) is 46.4 Å². The monoisotopic (exact) mass is 402 g/mol. The maximum atomic E-state index is 12.7. The number of benzene rings is 2. The average molecular weight is 403 g/mol. The van der Waals surface area contributed by atoms with Crippen molar-refractivity contribution < 1.29 is 4.79 Å². The zero-order valence-corrected chi connectivity index (χ0v) is 17.6. The number of imidazole rings is 1. The van der Waals surface area contributed by atoms with Crippen molar-refractivity contribution in [2.24, 2.45) is 5.92 Å². The van der Waals surface area contributed by atoms with Gasteiger partial charge in [0.1, 0.15) is 0 Å². The molecule has 30 heavy (non-hydrogen) atoms. The molecule has 1 saturated heterocycles. The number of nitrogens with zero attached hydrogens (tertiary/aromatic N) is 3. The van der Waals surface area contributed by atoms with Crippen molar-refractivity contribution in [3.63, 3.8) is 0 Å². The Kier molecular flexibility index (Phi) is 6.60. The van der Waals surface area contributed by atoms with E-state index in [1.54, 1.807) is 12.5 Å². The summed E-state index contributed by atoms with van der Waals surface area (Å²) in [4.78, 5) is 19.2. The molecule has 1 fully saturated rings. The molecule has 0 bridgehead atoms. The van der Waals surface area contributed by atoms with Gasteiger partial charge in [0, 0.05) is 44.1 Å². The van der Waals surface area contributed by atoms with Crippen LogP contribution in [-0.4, -0.2) is 33.4 Å². The lowest BCUT2D eigenvalue weighted by Gasteiger charge is -2.31. The van der Waals surface area contributed by atoms with Gasteiger partial charge in [-0.3, -0.25) is 9.69 Å². The molecular formula is C25H30N4O. The number of hydrogen-bond donors (Lipinski definition) is 1. The summed E-state index contributed by atoms with van der Waals surface area (Å²) in [7, 11) is 0. The topological polar surface area (TPSA) is 50.2 Å². The van der Waals surface area contributed by atoms with Crippen molar-refractivity contribution in [2.45, 2.75) is 39.4 Å². The van der Waals surface area contributed by atoms with Gasteiger partial charge in [-0.1, -0.05) is 43.3 Å². The molecule has 0 radical (unpaired) electrons. The maximum absolute atomic E-state index is 12.7. The second-order valence-corrected chi connectivity index (χ2v) is 8.37. The molecule has 3 aromatic rings. The smallest absolute Gasteiger partial charge is 0.251 e. The Labute approximate surface area is 178 Å². The van der Waals surface area contributed by atoms with E-state index in [0.717, 1.165) is 37.7 Å². The molecule has 1 N–H and O–H groups in total. The lowest BCUT2D eigenvalue weighted by molar-refractivity contribution is 0.0950. The van der Waals surface area contributed by atoms with E-state index in [-0.39, 0.29) is 5.91 Å². The van der Waals surface area contributed by atoms with Crippen molar-refractivity contribution in [3.05, 3.63) is 89.5 Å². The van der Waals surface area contributed by atoms with Crippen LogP contribution in [0.2, 0.25) is 0 Å². The third kappa shape index (κ3) is 5.36. The SMILES string of the molecule is C[C@H]1CCCN(Cc2ccccc2CNC(=O)c2ccc(Cn3ccnc3)cc2)C1. The molecule has 5 nitrogen and oxygen atoms in total. The Hall–Kier alpha value is -2.92. The van der Waals surface area contributed by atoms with Crippen LogP contribution in [0.5, 0.6) is 0 Å². The van der Waals surface area contributed by atoms with Crippen molar-refractivity contribution in [1.82, 2.24) is 19.8 Å². The summed E-state index contributed by atoms with van der Waals surface area (Å²) in [6, 6.07) is 16.2. The van der Waals surface area contributed by atoms with Crippen molar-refractivity contribution in [2.75, 3.05) is 13.1 Å². The Bertz CT molecular complexity index is 950. The minimum Gasteiger partial charge on any atom is -0.348 e. The number of hydrogen-bond acceptors (Lipinski definition) is 3. The van der Waals surface area contributed by atoms with Gasteiger partial charge in [-0.15, -0.1) is 0 Å². The number of rotatable bonds is 7. The molecule has 1 atom stereocenters. The van der Waals surface area contributed by atoms with E-state index >= 15 is 0 Å². The van der Waals surface area contributed by atoms with Crippen molar-refractivity contribution in [1.29, 1.82) is 0 Å². The fourth-order valence-electron chi connectivity index (χ4n) is 4.19. The van der Waals surface area contributed by atoms with Gasteiger partial charge < -0.3 is 9.88 Å². The maximum Gasteiger partial charge on any atom is 0.251 e. The lowest BCUT2D eigenvalue weighted by Crippen LogP contribution is -2.34. The van der Waals surface area contributed by atoms with Crippen LogP contribution < -0.4 is 5.32 Å². The normalized spacial score (nSPS) is 17.0. The third-order valence-electron chi connectivity index (χ3n) is 5.83. The van der Waals surface area contributed by atoms with Crippen LogP contribution in [0.4, 0.5) is 0 Å². The van der Waals surface area contributed by atoms with Crippen molar-refractivity contribution >= 4 is 5.91 Å². The number of nitrogens with one attached hydrogen (secondary N) is 1. The van der Waals surface area contributed by atoms with Gasteiger partial charge in [0.2, 0.25) is 0 Å². The Morgan fingerprint density at radius 3 is 2.63 bits per heavy atom. The number of piperidine rings is 1. The highest BCUT2D eigenvalue weighted by atomic mass is 16.1. The van der Waals surface area contributed by atoms with Crippen molar-refractivity contribution in [3.8, 4) is 0 Å². The highest BCUT2D eigenvalue weighted by Gasteiger charge is 2.17. The lowest BCUT2D eigenvalue weighted by atomic mass is 9.99. The summed E-state index contributed by atoms with van der Waals surface area (Å²) in [5.41, 5.74) is 4.33. The quantitative estimate of drug-likeness (QED) is 0.647. The van der Waals surface area contributed by atoms with E-state index < -0.39 is 0 Å². The minimum atomic E-state index is -0.0365. The van der Waals surface area contributed by atoms with Crippen LogP contribution in [-0.2, 0) is 19.6 Å². The van der Waals surface area contributed by atoms with Gasteiger partial charge in [0.15, 0.2) is 0 Å². The molecule has 0 unspecified atom stereocenters. The summed E-state index contributed by atoms with van der Waals surface area (Å²) < 4.78 is 2.01. The number of likely N-dealkylation sites (tertiary alicyclic amines) is 1. The summed E-state index contributed by atoms with van der Waals surface area (Å²) in [6.45, 7) is 6.92. The van der Waals surface area contributed by atoms with E-state index in [1.807, 2.05) is 35.0 Å². The Balaban J connectivity index is 1.34. The van der Waals surface area contributed by atoms with E-state index in [1.165, 1.54) is 24.0 Å². The first kappa shape index (κ1) is 20.4. The highest BCUT2D eigenvalue weighted by molar-refractivity contribution is 5.94.